The van der Waals surface area contributed by atoms with Crippen LogP contribution < -0.4 is 19.6 Å². The Balaban J connectivity index is 1.31. The lowest BCUT2D eigenvalue weighted by atomic mass is 9.84. The number of carbonyl (C=O) groups excluding carboxylic acids is 1. The van der Waals surface area contributed by atoms with Crippen LogP contribution in [-0.4, -0.2) is 39.6 Å². The van der Waals surface area contributed by atoms with E-state index < -0.39 is 40.3 Å². The fraction of sp³-hybridized carbons (Fsp3) is 0.176. The molecule has 2 aliphatic rings. The van der Waals surface area contributed by atoms with Crippen LogP contribution in [0.5, 0.6) is 40.2 Å². The van der Waals surface area contributed by atoms with Crippen LogP contribution in [-0.2, 0) is 17.6 Å². The molecule has 4 aromatic carbocycles. The van der Waals surface area contributed by atoms with Crippen molar-refractivity contribution >= 4 is 16.9 Å². The van der Waals surface area contributed by atoms with E-state index in [9.17, 15) is 30.0 Å². The second kappa shape index (κ2) is 10.6. The maximum Gasteiger partial charge on any atom is 0.312 e. The van der Waals surface area contributed by atoms with Gasteiger partial charge in [-0.05, 0) is 41.5 Å². The third kappa shape index (κ3) is 4.60. The van der Waals surface area contributed by atoms with Crippen LogP contribution in [0.3, 0.4) is 0 Å². The van der Waals surface area contributed by atoms with Crippen molar-refractivity contribution in [3.05, 3.63) is 99.2 Å². The van der Waals surface area contributed by atoms with Gasteiger partial charge in [-0.2, -0.15) is 0 Å². The maximum atomic E-state index is 13.4. The zero-order chi connectivity index (χ0) is 30.5. The number of phenolic OH excluding ortho intramolecular Hbond substituents is 3. The van der Waals surface area contributed by atoms with Crippen LogP contribution in [0.2, 0.25) is 0 Å². The molecule has 0 spiro atoms. The molecule has 44 heavy (non-hydrogen) atoms. The minimum atomic E-state index is -0.922. The van der Waals surface area contributed by atoms with E-state index in [0.717, 1.165) is 29.9 Å². The van der Waals surface area contributed by atoms with Crippen molar-refractivity contribution in [1.29, 1.82) is 0 Å². The van der Waals surface area contributed by atoms with E-state index >= 15 is 0 Å². The Bertz CT molecular complexity index is 2030. The number of esters is 1. The first-order valence-corrected chi connectivity index (χ1v) is 14.0. The van der Waals surface area contributed by atoms with E-state index in [-0.39, 0.29) is 34.5 Å². The number of rotatable bonds is 6. The summed E-state index contributed by atoms with van der Waals surface area (Å²) in [7, 11) is 0. The van der Waals surface area contributed by atoms with E-state index in [0.29, 0.717) is 36.5 Å². The van der Waals surface area contributed by atoms with Gasteiger partial charge in [0, 0.05) is 41.5 Å². The van der Waals surface area contributed by atoms with E-state index in [1.54, 1.807) is 12.1 Å². The zero-order valence-corrected chi connectivity index (χ0v) is 23.2. The van der Waals surface area contributed by atoms with Gasteiger partial charge in [0.25, 0.3) is 0 Å². The maximum absolute atomic E-state index is 13.4. The topological polar surface area (TPSA) is 156 Å². The van der Waals surface area contributed by atoms with Gasteiger partial charge in [-0.15, -0.1) is 0 Å². The van der Waals surface area contributed by atoms with Crippen LogP contribution in [0.4, 0.5) is 0 Å². The average molecular weight is 595 g/mol. The molecule has 4 N–H and O–H groups in total. The molecule has 1 unspecified atom stereocenters. The third-order valence-electron chi connectivity index (χ3n) is 8.00. The summed E-state index contributed by atoms with van der Waals surface area (Å²) in [5.74, 6) is -2.36. The lowest BCUT2D eigenvalue weighted by Gasteiger charge is -2.27. The molecule has 7 rings (SSSR count). The van der Waals surface area contributed by atoms with Gasteiger partial charge >= 0.3 is 5.97 Å². The lowest BCUT2D eigenvalue weighted by molar-refractivity contribution is -0.135. The number of benzene rings is 4. The quantitative estimate of drug-likeness (QED) is 0.116. The fourth-order valence-electron chi connectivity index (χ4n) is 5.88. The van der Waals surface area contributed by atoms with Gasteiger partial charge in [0.2, 0.25) is 11.2 Å². The highest BCUT2D eigenvalue weighted by Crippen LogP contribution is 2.49. The number of phenols is 3. The zero-order valence-electron chi connectivity index (χ0n) is 23.2. The standard InChI is InChI=1S/C34H26O10/c35-22-7-6-19(14-23(22)36)33-32(40)31(39)30-24(37)16-27-29(34(30)44-33)21(15-28(38)43-27)20-3-1-2-4-26(20)42-11-9-17-5-8-25-18(13-17)10-12-41-25/h1-8,13-14,16,21,35-37,40H,9-12,15H2. The van der Waals surface area contributed by atoms with Crippen LogP contribution in [0.25, 0.3) is 22.3 Å². The number of fused-ring (bicyclic) bond motifs is 4. The van der Waals surface area contributed by atoms with Crippen molar-refractivity contribution < 1.29 is 43.8 Å². The number of hydrogen-bond donors (Lipinski definition) is 4. The molecule has 0 bridgehead atoms. The molecule has 0 saturated heterocycles. The molecule has 0 aliphatic carbocycles. The Labute approximate surface area is 249 Å². The summed E-state index contributed by atoms with van der Waals surface area (Å²) in [6, 6.07) is 18.1. The number of aromatic hydroxyl groups is 4. The van der Waals surface area contributed by atoms with Crippen LogP contribution >= 0.6 is 0 Å². The molecule has 5 aromatic rings. The summed E-state index contributed by atoms with van der Waals surface area (Å²) in [6.07, 6.45) is 1.40. The first kappa shape index (κ1) is 27.2. The summed E-state index contributed by atoms with van der Waals surface area (Å²) >= 11 is 0. The Morgan fingerprint density at radius 3 is 2.55 bits per heavy atom. The second-order valence-corrected chi connectivity index (χ2v) is 10.7. The van der Waals surface area contributed by atoms with Gasteiger partial charge in [-0.1, -0.05) is 30.3 Å². The largest absolute Gasteiger partial charge is 0.507 e. The molecule has 10 nitrogen and oxygen atoms in total. The van der Waals surface area contributed by atoms with E-state index in [1.807, 2.05) is 24.3 Å². The van der Waals surface area contributed by atoms with Crippen molar-refractivity contribution in [1.82, 2.24) is 0 Å². The fourth-order valence-corrected chi connectivity index (χ4v) is 5.88. The molecular formula is C34H26O10. The first-order valence-electron chi connectivity index (χ1n) is 14.0. The summed E-state index contributed by atoms with van der Waals surface area (Å²) in [5.41, 5.74) is 2.30. The van der Waals surface area contributed by atoms with E-state index in [4.69, 9.17) is 18.6 Å². The predicted octanol–water partition coefficient (Wildman–Crippen LogP) is 5.28. The summed E-state index contributed by atoms with van der Waals surface area (Å²) in [5, 5.41) is 41.1. The predicted molar refractivity (Wildman–Crippen MR) is 158 cm³/mol. The Hall–Kier alpha value is -5.64. The van der Waals surface area contributed by atoms with Gasteiger partial charge in [-0.3, -0.25) is 9.59 Å². The molecule has 2 aliphatic heterocycles. The molecular weight excluding hydrogens is 568 g/mol. The molecule has 10 heteroatoms. The molecule has 1 aromatic heterocycles. The van der Waals surface area contributed by atoms with Crippen molar-refractivity contribution in [3.63, 3.8) is 0 Å². The number of carbonyl (C=O) groups is 1. The monoisotopic (exact) mass is 594 g/mol. The lowest BCUT2D eigenvalue weighted by Crippen LogP contribution is -2.22. The summed E-state index contributed by atoms with van der Waals surface area (Å²) in [6.45, 7) is 1.04. The highest BCUT2D eigenvalue weighted by Gasteiger charge is 2.36. The molecule has 222 valence electrons. The van der Waals surface area contributed by atoms with Gasteiger partial charge in [0.05, 0.1) is 19.6 Å². The third-order valence-corrected chi connectivity index (χ3v) is 8.00. The van der Waals surface area contributed by atoms with Crippen LogP contribution in [0.15, 0.2) is 75.9 Å². The summed E-state index contributed by atoms with van der Waals surface area (Å²) < 4.78 is 23.4. The van der Waals surface area contributed by atoms with Crippen molar-refractivity contribution in [2.24, 2.45) is 0 Å². The molecule has 1 atom stereocenters. The van der Waals surface area contributed by atoms with E-state index in [1.165, 1.54) is 17.7 Å². The van der Waals surface area contributed by atoms with Gasteiger partial charge in [-0.25, -0.2) is 0 Å². The number of ether oxygens (including phenoxy) is 3. The smallest absolute Gasteiger partial charge is 0.312 e. The van der Waals surface area contributed by atoms with Gasteiger partial charge in [0.1, 0.15) is 34.0 Å². The van der Waals surface area contributed by atoms with Crippen LogP contribution in [0, 0.1) is 0 Å². The number of para-hydroxylation sites is 1. The first-order chi connectivity index (χ1) is 21.3. The molecule has 3 heterocycles. The Kier molecular flexibility index (Phi) is 6.54. The van der Waals surface area contributed by atoms with Crippen molar-refractivity contribution in [2.75, 3.05) is 13.2 Å². The summed E-state index contributed by atoms with van der Waals surface area (Å²) in [4.78, 5) is 26.2. The number of hydrogen-bond acceptors (Lipinski definition) is 10. The second-order valence-electron chi connectivity index (χ2n) is 10.7. The van der Waals surface area contributed by atoms with Gasteiger partial charge < -0.3 is 39.1 Å². The normalized spacial score (nSPS) is 15.4. The Morgan fingerprint density at radius 2 is 1.70 bits per heavy atom. The minimum Gasteiger partial charge on any atom is -0.507 e. The SMILES string of the molecule is O=C1CC(c2ccccc2OCCc2ccc3c(c2)CCO3)c2c(cc(O)c3c(=O)c(O)c(-c4ccc(O)c(O)c4)oc23)O1. The molecule has 0 amide bonds. The van der Waals surface area contributed by atoms with Crippen molar-refractivity contribution in [3.8, 4) is 51.6 Å². The highest BCUT2D eigenvalue weighted by molar-refractivity contribution is 5.94. The molecule has 0 saturated carbocycles. The highest BCUT2D eigenvalue weighted by atomic mass is 16.5. The molecule has 0 radical (unpaired) electrons. The Morgan fingerprint density at radius 1 is 0.864 bits per heavy atom. The van der Waals surface area contributed by atoms with Crippen LogP contribution in [0.1, 0.15) is 34.6 Å². The van der Waals surface area contributed by atoms with E-state index in [2.05, 4.69) is 6.07 Å². The minimum absolute atomic E-state index is 0.000226. The average Bonchev–Trinajstić information content (AvgIpc) is 3.48. The van der Waals surface area contributed by atoms with Crippen molar-refractivity contribution in [2.45, 2.75) is 25.2 Å². The van der Waals surface area contributed by atoms with Gasteiger partial charge in [0.15, 0.2) is 17.3 Å². The molecule has 0 fully saturated rings.